The molecule has 0 aliphatic carbocycles. The van der Waals surface area contributed by atoms with Crippen LogP contribution in [0.1, 0.15) is 0 Å². The maximum absolute atomic E-state index is 2.81. The molecule has 0 N–H and O–H groups in total. The molecule has 3 heteroatoms. The van der Waals surface area contributed by atoms with Crippen molar-refractivity contribution in [2.75, 3.05) is 4.23 Å². The van der Waals surface area contributed by atoms with Crippen LogP contribution in [0.4, 0.5) is 5.69 Å². The standard InChI is InChI=1S/C16H21NSi2/c1-18(2)15-12-8-9-13-16(15)19(3,4)17(18)14-10-6-5-7-11-14/h5-13H,1-4H3. The van der Waals surface area contributed by atoms with Crippen molar-refractivity contribution >= 4 is 32.5 Å². The molecule has 0 bridgehead atoms. The van der Waals surface area contributed by atoms with Crippen LogP contribution in [0.5, 0.6) is 0 Å². The van der Waals surface area contributed by atoms with Gasteiger partial charge in [-0.15, -0.1) is 0 Å². The van der Waals surface area contributed by atoms with E-state index in [4.69, 9.17) is 0 Å². The van der Waals surface area contributed by atoms with E-state index < -0.39 is 16.5 Å². The van der Waals surface area contributed by atoms with Gasteiger partial charge in [0.25, 0.3) is 0 Å². The molecule has 98 valence electrons. The van der Waals surface area contributed by atoms with E-state index in [9.17, 15) is 0 Å². The van der Waals surface area contributed by atoms with E-state index in [0.717, 1.165) is 0 Å². The van der Waals surface area contributed by atoms with Crippen molar-refractivity contribution < 1.29 is 0 Å². The molecule has 0 radical (unpaired) electrons. The summed E-state index contributed by atoms with van der Waals surface area (Å²) < 4.78 is 2.81. The predicted molar refractivity (Wildman–Crippen MR) is 89.6 cm³/mol. The first kappa shape index (κ1) is 12.7. The second-order valence-corrected chi connectivity index (χ2v) is 15.0. The largest absolute Gasteiger partial charge is 0.417 e. The second-order valence-electron chi connectivity index (χ2n) is 6.33. The van der Waals surface area contributed by atoms with Crippen molar-refractivity contribution in [2.45, 2.75) is 26.2 Å². The van der Waals surface area contributed by atoms with E-state index in [1.165, 1.54) is 5.69 Å². The van der Waals surface area contributed by atoms with Gasteiger partial charge in [0.05, 0.1) is 0 Å². The molecule has 2 aromatic carbocycles. The van der Waals surface area contributed by atoms with Crippen LogP contribution in [0.15, 0.2) is 54.6 Å². The molecule has 0 fully saturated rings. The molecular formula is C16H21NSi2. The third-order valence-corrected chi connectivity index (χ3v) is 14.2. The molecule has 0 amide bonds. The summed E-state index contributed by atoms with van der Waals surface area (Å²) in [5.41, 5.74) is 1.41. The Balaban J connectivity index is 2.23. The molecule has 0 saturated carbocycles. The van der Waals surface area contributed by atoms with E-state index in [-0.39, 0.29) is 0 Å². The first-order valence-electron chi connectivity index (χ1n) is 6.91. The lowest BCUT2D eigenvalue weighted by Crippen LogP contribution is -2.60. The lowest BCUT2D eigenvalue weighted by atomic mass is 10.3. The van der Waals surface area contributed by atoms with Gasteiger partial charge in [-0.2, -0.15) is 0 Å². The molecule has 1 heterocycles. The normalized spacial score (nSPS) is 19.3. The van der Waals surface area contributed by atoms with Crippen molar-refractivity contribution in [2.24, 2.45) is 0 Å². The van der Waals surface area contributed by atoms with Crippen molar-refractivity contribution in [3.05, 3.63) is 54.6 Å². The molecule has 2 aromatic rings. The molecule has 1 nitrogen and oxygen atoms in total. The molecule has 0 aromatic heterocycles. The first-order valence-corrected chi connectivity index (χ1v) is 12.8. The number of para-hydroxylation sites is 1. The molecule has 0 atom stereocenters. The van der Waals surface area contributed by atoms with Crippen LogP contribution in [0.25, 0.3) is 0 Å². The first-order chi connectivity index (χ1) is 8.95. The maximum atomic E-state index is 2.81. The number of hydrogen-bond donors (Lipinski definition) is 0. The third kappa shape index (κ3) is 1.72. The number of benzene rings is 2. The molecule has 1 aliphatic rings. The van der Waals surface area contributed by atoms with Gasteiger partial charge in [-0.3, -0.25) is 0 Å². The quantitative estimate of drug-likeness (QED) is 0.727. The highest BCUT2D eigenvalue weighted by Crippen LogP contribution is 2.31. The van der Waals surface area contributed by atoms with E-state index in [0.29, 0.717) is 0 Å². The summed E-state index contributed by atoms with van der Waals surface area (Å²) in [6, 6.07) is 20.1. The lowest BCUT2D eigenvalue weighted by molar-refractivity contribution is 1.42. The molecule has 0 unspecified atom stereocenters. The van der Waals surface area contributed by atoms with Gasteiger partial charge in [0, 0.05) is 5.69 Å². The zero-order valence-corrected chi connectivity index (χ0v) is 14.1. The summed E-state index contributed by atoms with van der Waals surface area (Å²) >= 11 is 0. The van der Waals surface area contributed by atoms with Crippen LogP contribution < -0.4 is 14.6 Å². The van der Waals surface area contributed by atoms with Crippen molar-refractivity contribution in [1.82, 2.24) is 0 Å². The van der Waals surface area contributed by atoms with Crippen LogP contribution in [0.2, 0.25) is 26.2 Å². The summed E-state index contributed by atoms with van der Waals surface area (Å²) in [4.78, 5) is 0. The number of anilines is 1. The number of nitrogens with zero attached hydrogens (tertiary/aromatic N) is 1. The van der Waals surface area contributed by atoms with Crippen molar-refractivity contribution in [1.29, 1.82) is 0 Å². The van der Waals surface area contributed by atoms with Gasteiger partial charge in [-0.1, -0.05) is 42.5 Å². The highest BCUT2D eigenvalue weighted by Gasteiger charge is 2.51. The van der Waals surface area contributed by atoms with Crippen LogP contribution in [-0.4, -0.2) is 16.5 Å². The Labute approximate surface area is 118 Å². The van der Waals surface area contributed by atoms with Crippen molar-refractivity contribution in [3.63, 3.8) is 0 Å². The highest BCUT2D eigenvalue weighted by atomic mass is 28.4. The molecular weight excluding hydrogens is 262 g/mol. The summed E-state index contributed by atoms with van der Waals surface area (Å²) in [6.07, 6.45) is 0. The van der Waals surface area contributed by atoms with Crippen LogP contribution in [-0.2, 0) is 0 Å². The fourth-order valence-electron chi connectivity index (χ4n) is 3.71. The Morgan fingerprint density at radius 2 is 1.05 bits per heavy atom. The summed E-state index contributed by atoms with van der Waals surface area (Å²) in [7, 11) is -3.14. The molecule has 19 heavy (non-hydrogen) atoms. The zero-order valence-electron chi connectivity index (χ0n) is 12.1. The van der Waals surface area contributed by atoms with Gasteiger partial charge < -0.3 is 4.23 Å². The van der Waals surface area contributed by atoms with Crippen LogP contribution in [0, 0.1) is 0 Å². The molecule has 3 rings (SSSR count). The lowest BCUT2D eigenvalue weighted by Gasteiger charge is -2.41. The molecule has 0 saturated heterocycles. The van der Waals surface area contributed by atoms with Gasteiger partial charge >= 0.3 is 0 Å². The Morgan fingerprint density at radius 3 is 1.53 bits per heavy atom. The average Bonchev–Trinajstić information content (AvgIpc) is 2.55. The Morgan fingerprint density at radius 1 is 0.632 bits per heavy atom. The summed E-state index contributed by atoms with van der Waals surface area (Å²) in [6.45, 7) is 9.95. The minimum absolute atomic E-state index is 1.41. The van der Waals surface area contributed by atoms with Crippen LogP contribution in [0.3, 0.4) is 0 Å². The van der Waals surface area contributed by atoms with Crippen molar-refractivity contribution in [3.8, 4) is 0 Å². The predicted octanol–water partition coefficient (Wildman–Crippen LogP) is 3.03. The van der Waals surface area contributed by atoms with Crippen LogP contribution >= 0.6 is 0 Å². The monoisotopic (exact) mass is 283 g/mol. The second kappa shape index (κ2) is 4.08. The van der Waals surface area contributed by atoms with Gasteiger partial charge in [-0.05, 0) is 48.7 Å². The fourth-order valence-corrected chi connectivity index (χ4v) is 16.4. The van der Waals surface area contributed by atoms with E-state index in [2.05, 4.69) is 85.0 Å². The Hall–Kier alpha value is -1.33. The van der Waals surface area contributed by atoms with Gasteiger partial charge in [0.2, 0.25) is 0 Å². The minimum Gasteiger partial charge on any atom is -0.417 e. The number of rotatable bonds is 1. The smallest absolute Gasteiger partial charge is 0.174 e. The minimum atomic E-state index is -1.57. The number of fused-ring (bicyclic) bond motifs is 1. The van der Waals surface area contributed by atoms with Gasteiger partial charge in [-0.25, -0.2) is 0 Å². The maximum Gasteiger partial charge on any atom is 0.174 e. The Kier molecular flexibility index (Phi) is 2.73. The Bertz CT molecular complexity index is 570. The SMILES string of the molecule is C[Si]1(C)c2ccccc2[Si](C)(C)N1c1ccccc1. The van der Waals surface area contributed by atoms with E-state index >= 15 is 0 Å². The fraction of sp³-hybridized carbons (Fsp3) is 0.250. The summed E-state index contributed by atoms with van der Waals surface area (Å²) in [5, 5.41) is 3.27. The zero-order chi connectivity index (χ0) is 13.7. The van der Waals surface area contributed by atoms with E-state index in [1.807, 2.05) is 0 Å². The number of hydrogen-bond acceptors (Lipinski definition) is 1. The highest BCUT2D eigenvalue weighted by molar-refractivity contribution is 7.18. The van der Waals surface area contributed by atoms with E-state index in [1.54, 1.807) is 10.4 Å². The third-order valence-electron chi connectivity index (χ3n) is 4.38. The average molecular weight is 284 g/mol. The van der Waals surface area contributed by atoms with Gasteiger partial charge in [0.1, 0.15) is 0 Å². The molecule has 0 spiro atoms. The van der Waals surface area contributed by atoms with Gasteiger partial charge in [0.15, 0.2) is 16.5 Å². The summed E-state index contributed by atoms with van der Waals surface area (Å²) in [5.74, 6) is 0. The molecule has 1 aliphatic heterocycles. The topological polar surface area (TPSA) is 3.24 Å².